The molecule has 1 aromatic rings. The first kappa shape index (κ1) is 17.1. The Bertz CT molecular complexity index is 559. The van der Waals surface area contributed by atoms with E-state index in [1.165, 1.54) is 12.1 Å². The highest BCUT2D eigenvalue weighted by molar-refractivity contribution is 7.89. The summed E-state index contributed by atoms with van der Waals surface area (Å²) in [6.07, 6.45) is 0.899. The summed E-state index contributed by atoms with van der Waals surface area (Å²) in [6.45, 7) is 6.23. The van der Waals surface area contributed by atoms with E-state index in [0.29, 0.717) is 24.2 Å². The average Bonchev–Trinajstić information content (AvgIpc) is 2.41. The molecule has 0 aliphatic rings. The van der Waals surface area contributed by atoms with Crippen LogP contribution in [0.5, 0.6) is 0 Å². The van der Waals surface area contributed by atoms with Gasteiger partial charge in [0.15, 0.2) is 0 Å². The maximum absolute atomic E-state index is 13.9. The van der Waals surface area contributed by atoms with Gasteiger partial charge in [0.1, 0.15) is 5.82 Å². The Morgan fingerprint density at radius 1 is 1.35 bits per heavy atom. The third kappa shape index (κ3) is 4.26. The maximum Gasteiger partial charge on any atom is 0.240 e. The summed E-state index contributed by atoms with van der Waals surface area (Å²) in [5.74, 6) is -0.0941. The molecule has 0 saturated carbocycles. The molecule has 2 N–H and O–H groups in total. The van der Waals surface area contributed by atoms with Crippen molar-refractivity contribution in [1.82, 2.24) is 10.0 Å². The molecule has 0 saturated heterocycles. The van der Waals surface area contributed by atoms with Crippen LogP contribution in [0.1, 0.15) is 31.4 Å². The molecule has 1 rings (SSSR count). The lowest BCUT2D eigenvalue weighted by Gasteiger charge is -2.13. The van der Waals surface area contributed by atoms with Crippen molar-refractivity contribution in [2.75, 3.05) is 13.6 Å². The van der Waals surface area contributed by atoms with Gasteiger partial charge in [-0.25, -0.2) is 17.5 Å². The molecular weight excluding hydrogens is 279 g/mol. The molecule has 1 aromatic carbocycles. The minimum atomic E-state index is -3.59. The van der Waals surface area contributed by atoms with Gasteiger partial charge in [0, 0.05) is 18.7 Å². The molecule has 0 aliphatic heterocycles. The van der Waals surface area contributed by atoms with Gasteiger partial charge in [0.05, 0.1) is 4.90 Å². The van der Waals surface area contributed by atoms with Gasteiger partial charge in [-0.05, 0) is 37.6 Å². The highest BCUT2D eigenvalue weighted by Gasteiger charge is 2.18. The fourth-order valence-corrected chi connectivity index (χ4v) is 3.06. The Hall–Kier alpha value is -0.980. The molecule has 114 valence electrons. The van der Waals surface area contributed by atoms with E-state index in [-0.39, 0.29) is 16.6 Å². The SMILES string of the molecule is CCC(C)CNS(=O)(=O)c1cc(C)c(F)c(CNC)c1. The van der Waals surface area contributed by atoms with Crippen molar-refractivity contribution < 1.29 is 12.8 Å². The average molecular weight is 302 g/mol. The summed E-state index contributed by atoms with van der Waals surface area (Å²) in [5.41, 5.74) is 0.693. The van der Waals surface area contributed by atoms with Crippen LogP contribution in [-0.2, 0) is 16.6 Å². The molecule has 0 aromatic heterocycles. The summed E-state index contributed by atoms with van der Waals surface area (Å²) in [4.78, 5) is 0.116. The van der Waals surface area contributed by atoms with Crippen LogP contribution in [0.2, 0.25) is 0 Å². The van der Waals surface area contributed by atoms with E-state index in [1.807, 2.05) is 13.8 Å². The third-order valence-electron chi connectivity index (χ3n) is 3.30. The topological polar surface area (TPSA) is 58.2 Å². The number of halogens is 1. The van der Waals surface area contributed by atoms with Crippen molar-refractivity contribution in [2.24, 2.45) is 5.92 Å². The maximum atomic E-state index is 13.9. The van der Waals surface area contributed by atoms with Crippen LogP contribution in [0, 0.1) is 18.7 Å². The molecule has 0 spiro atoms. The molecule has 0 aliphatic carbocycles. The largest absolute Gasteiger partial charge is 0.316 e. The Morgan fingerprint density at radius 2 is 2.00 bits per heavy atom. The zero-order valence-electron chi connectivity index (χ0n) is 12.5. The fourth-order valence-electron chi connectivity index (χ4n) is 1.76. The Morgan fingerprint density at radius 3 is 2.55 bits per heavy atom. The number of nitrogens with one attached hydrogen (secondary N) is 2. The van der Waals surface area contributed by atoms with Gasteiger partial charge in [0.2, 0.25) is 10.0 Å². The van der Waals surface area contributed by atoms with E-state index in [4.69, 9.17) is 0 Å². The Balaban J connectivity index is 3.06. The first-order valence-corrected chi connectivity index (χ1v) is 8.23. The lowest BCUT2D eigenvalue weighted by atomic mass is 10.1. The van der Waals surface area contributed by atoms with Gasteiger partial charge in [-0.2, -0.15) is 0 Å². The first-order valence-electron chi connectivity index (χ1n) is 6.75. The van der Waals surface area contributed by atoms with Crippen molar-refractivity contribution in [3.05, 3.63) is 29.1 Å². The predicted octanol–water partition coefficient (Wildman–Crippen LogP) is 2.18. The van der Waals surface area contributed by atoms with Gasteiger partial charge < -0.3 is 5.32 Å². The van der Waals surface area contributed by atoms with E-state index in [1.54, 1.807) is 14.0 Å². The molecule has 0 bridgehead atoms. The quantitative estimate of drug-likeness (QED) is 0.811. The van der Waals surface area contributed by atoms with Crippen LogP contribution in [0.25, 0.3) is 0 Å². The smallest absolute Gasteiger partial charge is 0.240 e. The van der Waals surface area contributed by atoms with E-state index in [9.17, 15) is 12.8 Å². The zero-order chi connectivity index (χ0) is 15.3. The lowest BCUT2D eigenvalue weighted by molar-refractivity contribution is 0.527. The highest BCUT2D eigenvalue weighted by Crippen LogP contribution is 2.19. The fraction of sp³-hybridized carbons (Fsp3) is 0.571. The van der Waals surface area contributed by atoms with Gasteiger partial charge in [-0.1, -0.05) is 20.3 Å². The Labute approximate surface area is 120 Å². The number of benzene rings is 1. The Kier molecular flexibility index (Phi) is 6.10. The summed E-state index contributed by atoms with van der Waals surface area (Å²) >= 11 is 0. The third-order valence-corrected chi connectivity index (χ3v) is 4.70. The lowest BCUT2D eigenvalue weighted by Crippen LogP contribution is -2.28. The zero-order valence-corrected chi connectivity index (χ0v) is 13.3. The van der Waals surface area contributed by atoms with Crippen LogP contribution in [0.15, 0.2) is 17.0 Å². The van der Waals surface area contributed by atoms with Crippen molar-refractivity contribution in [1.29, 1.82) is 0 Å². The molecule has 0 heterocycles. The standard InChI is InChI=1S/C14H23FN2O2S/c1-5-10(2)8-17-20(18,19)13-6-11(3)14(15)12(7-13)9-16-4/h6-7,10,16-17H,5,8-9H2,1-4H3. The summed E-state index contributed by atoms with van der Waals surface area (Å²) in [6, 6.07) is 2.76. The van der Waals surface area contributed by atoms with Crippen molar-refractivity contribution >= 4 is 10.0 Å². The molecular formula is C14H23FN2O2S. The van der Waals surface area contributed by atoms with Gasteiger partial charge in [-0.3, -0.25) is 0 Å². The molecule has 6 heteroatoms. The van der Waals surface area contributed by atoms with Crippen LogP contribution in [-0.4, -0.2) is 22.0 Å². The van der Waals surface area contributed by atoms with E-state index in [2.05, 4.69) is 10.0 Å². The summed E-state index contributed by atoms with van der Waals surface area (Å²) in [7, 11) is -1.90. The van der Waals surface area contributed by atoms with Crippen molar-refractivity contribution in [2.45, 2.75) is 38.6 Å². The molecule has 20 heavy (non-hydrogen) atoms. The second-order valence-electron chi connectivity index (χ2n) is 5.11. The molecule has 1 unspecified atom stereocenters. The van der Waals surface area contributed by atoms with Gasteiger partial charge in [0.25, 0.3) is 0 Å². The number of hydrogen-bond acceptors (Lipinski definition) is 3. The van der Waals surface area contributed by atoms with E-state index in [0.717, 1.165) is 6.42 Å². The van der Waals surface area contributed by atoms with Crippen LogP contribution in [0.4, 0.5) is 4.39 Å². The van der Waals surface area contributed by atoms with Crippen LogP contribution < -0.4 is 10.0 Å². The molecule has 4 nitrogen and oxygen atoms in total. The minimum Gasteiger partial charge on any atom is -0.316 e. The van der Waals surface area contributed by atoms with Crippen LogP contribution in [0.3, 0.4) is 0 Å². The van der Waals surface area contributed by atoms with E-state index < -0.39 is 10.0 Å². The summed E-state index contributed by atoms with van der Waals surface area (Å²) < 4.78 is 40.9. The normalized spacial score (nSPS) is 13.4. The highest BCUT2D eigenvalue weighted by atomic mass is 32.2. The monoisotopic (exact) mass is 302 g/mol. The molecule has 1 atom stereocenters. The molecule has 0 radical (unpaired) electrons. The number of rotatable bonds is 7. The number of hydrogen-bond donors (Lipinski definition) is 2. The van der Waals surface area contributed by atoms with Gasteiger partial charge >= 0.3 is 0 Å². The van der Waals surface area contributed by atoms with Crippen molar-refractivity contribution in [3.63, 3.8) is 0 Å². The van der Waals surface area contributed by atoms with Crippen molar-refractivity contribution in [3.8, 4) is 0 Å². The second-order valence-corrected chi connectivity index (χ2v) is 6.88. The molecule has 0 amide bonds. The minimum absolute atomic E-state index is 0.116. The first-order chi connectivity index (χ1) is 9.31. The predicted molar refractivity (Wildman–Crippen MR) is 78.5 cm³/mol. The summed E-state index contributed by atoms with van der Waals surface area (Å²) in [5, 5.41) is 2.83. The number of aryl methyl sites for hydroxylation is 1. The second kappa shape index (κ2) is 7.15. The number of sulfonamides is 1. The van der Waals surface area contributed by atoms with E-state index >= 15 is 0 Å². The van der Waals surface area contributed by atoms with Gasteiger partial charge in [-0.15, -0.1) is 0 Å². The molecule has 0 fully saturated rings. The van der Waals surface area contributed by atoms with Crippen LogP contribution >= 0.6 is 0 Å².